The summed E-state index contributed by atoms with van der Waals surface area (Å²) >= 11 is 1.26. The number of fused-ring (bicyclic) bond motifs is 2. The van der Waals surface area contributed by atoms with Gasteiger partial charge in [0.25, 0.3) is 0 Å². The second-order valence-corrected chi connectivity index (χ2v) is 8.31. The van der Waals surface area contributed by atoms with Gasteiger partial charge in [0.05, 0.1) is 22.6 Å². The fraction of sp³-hybridized carbons (Fsp3) is 0.350. The molecule has 4 nitrogen and oxygen atoms in total. The van der Waals surface area contributed by atoms with Crippen LogP contribution in [-0.4, -0.2) is 11.9 Å². The molecule has 0 bridgehead atoms. The van der Waals surface area contributed by atoms with Crippen molar-refractivity contribution in [1.82, 2.24) is 0 Å². The first-order valence-electron chi connectivity index (χ1n) is 9.17. The van der Waals surface area contributed by atoms with Crippen LogP contribution >= 0.6 is 11.8 Å². The number of hydrogen-bond donors (Lipinski definition) is 3. The minimum absolute atomic E-state index is 0.0412. The lowest BCUT2D eigenvalue weighted by Crippen LogP contribution is -2.34. The van der Waals surface area contributed by atoms with Gasteiger partial charge in [0.2, 0.25) is 5.91 Å². The number of amides is 1. The zero-order valence-corrected chi connectivity index (χ0v) is 15.8. The number of benzene rings is 2. The van der Waals surface area contributed by atoms with Gasteiger partial charge in [0.15, 0.2) is 0 Å². The first kappa shape index (κ1) is 19.1. The average molecular weight is 407 g/mol. The molecule has 1 amide bonds. The van der Waals surface area contributed by atoms with Crippen LogP contribution in [0.3, 0.4) is 0 Å². The van der Waals surface area contributed by atoms with Crippen LogP contribution in [0.2, 0.25) is 0 Å². The zero-order chi connectivity index (χ0) is 19.9. The van der Waals surface area contributed by atoms with Crippen molar-refractivity contribution < 1.29 is 18.0 Å². The third-order valence-electron chi connectivity index (χ3n) is 5.14. The van der Waals surface area contributed by atoms with Gasteiger partial charge in [-0.05, 0) is 43.5 Å². The molecule has 1 fully saturated rings. The van der Waals surface area contributed by atoms with E-state index in [0.29, 0.717) is 23.4 Å². The second kappa shape index (κ2) is 7.33. The Morgan fingerprint density at radius 1 is 1.18 bits per heavy atom. The zero-order valence-electron chi connectivity index (χ0n) is 15.0. The van der Waals surface area contributed by atoms with Crippen LogP contribution in [0, 0.1) is 5.92 Å². The van der Waals surface area contributed by atoms with Crippen LogP contribution < -0.4 is 16.4 Å². The predicted octanol–water partition coefficient (Wildman–Crippen LogP) is 5.37. The molecule has 1 aliphatic carbocycles. The highest BCUT2D eigenvalue weighted by Gasteiger charge is 2.34. The van der Waals surface area contributed by atoms with Gasteiger partial charge in [0.1, 0.15) is 0 Å². The molecule has 4 N–H and O–H groups in total. The van der Waals surface area contributed by atoms with Gasteiger partial charge in [-0.2, -0.15) is 13.2 Å². The summed E-state index contributed by atoms with van der Waals surface area (Å²) in [7, 11) is 0. The lowest BCUT2D eigenvalue weighted by Gasteiger charge is -2.28. The van der Waals surface area contributed by atoms with E-state index in [9.17, 15) is 18.0 Å². The third-order valence-corrected chi connectivity index (χ3v) is 6.26. The Labute approximate surface area is 165 Å². The van der Waals surface area contributed by atoms with Crippen LogP contribution in [0.25, 0.3) is 0 Å². The summed E-state index contributed by atoms with van der Waals surface area (Å²) < 4.78 is 40.3. The molecule has 1 heterocycles. The summed E-state index contributed by atoms with van der Waals surface area (Å²) in [4.78, 5) is 14.0. The van der Waals surface area contributed by atoms with Crippen LogP contribution in [0.5, 0.6) is 0 Å². The van der Waals surface area contributed by atoms with Crippen molar-refractivity contribution in [2.75, 3.05) is 10.6 Å². The van der Waals surface area contributed by atoms with Crippen molar-refractivity contribution in [1.29, 1.82) is 0 Å². The van der Waals surface area contributed by atoms with E-state index < -0.39 is 11.7 Å². The number of hydrogen-bond acceptors (Lipinski definition) is 4. The van der Waals surface area contributed by atoms with E-state index in [2.05, 4.69) is 10.6 Å². The maximum atomic E-state index is 13.4. The number of rotatable bonds is 2. The maximum Gasteiger partial charge on any atom is 0.416 e. The van der Waals surface area contributed by atoms with Gasteiger partial charge in [-0.15, -0.1) is 0 Å². The Hall–Kier alpha value is -2.19. The number of anilines is 3. The summed E-state index contributed by atoms with van der Waals surface area (Å²) in [6, 6.07) is 9.47. The molecule has 1 saturated carbocycles. The molecular weight excluding hydrogens is 387 g/mol. The molecule has 8 heteroatoms. The van der Waals surface area contributed by atoms with Crippen molar-refractivity contribution in [3.8, 4) is 0 Å². The molecule has 2 aliphatic rings. The van der Waals surface area contributed by atoms with Crippen molar-refractivity contribution >= 4 is 34.7 Å². The molecule has 2 aromatic carbocycles. The highest BCUT2D eigenvalue weighted by molar-refractivity contribution is 7.99. The van der Waals surface area contributed by atoms with Gasteiger partial charge >= 0.3 is 6.18 Å². The smallest absolute Gasteiger partial charge is 0.352 e. The lowest BCUT2D eigenvalue weighted by molar-refractivity contribution is -0.137. The predicted molar refractivity (Wildman–Crippen MR) is 104 cm³/mol. The molecule has 0 saturated heterocycles. The Balaban J connectivity index is 1.69. The van der Waals surface area contributed by atoms with E-state index in [1.54, 1.807) is 0 Å². The fourth-order valence-electron chi connectivity index (χ4n) is 3.70. The minimum atomic E-state index is -4.50. The van der Waals surface area contributed by atoms with Gasteiger partial charge in [-0.3, -0.25) is 4.79 Å². The largest absolute Gasteiger partial charge is 0.416 e. The van der Waals surface area contributed by atoms with Crippen molar-refractivity contribution in [2.24, 2.45) is 11.7 Å². The van der Waals surface area contributed by atoms with Gasteiger partial charge < -0.3 is 16.4 Å². The normalized spacial score (nSPS) is 21.3. The first-order valence-corrected chi connectivity index (χ1v) is 9.98. The van der Waals surface area contributed by atoms with E-state index in [4.69, 9.17) is 5.73 Å². The SMILES string of the molecule is N[C@@H]1CCC[C@H](C(=O)Nc2cc(C(F)(F)F)cc3c2Nc2ccccc2S3)C1. The molecule has 2 aromatic rings. The van der Waals surface area contributed by atoms with Crippen LogP contribution in [0.1, 0.15) is 31.2 Å². The molecule has 1 aliphatic heterocycles. The number of halogens is 3. The number of para-hydroxylation sites is 1. The summed E-state index contributed by atoms with van der Waals surface area (Å²) in [6.45, 7) is 0. The molecule has 0 unspecified atom stereocenters. The van der Waals surface area contributed by atoms with E-state index in [0.717, 1.165) is 35.6 Å². The summed E-state index contributed by atoms with van der Waals surface area (Å²) in [5, 5.41) is 5.91. The van der Waals surface area contributed by atoms with Crippen LogP contribution in [0.15, 0.2) is 46.2 Å². The van der Waals surface area contributed by atoms with Gasteiger partial charge in [-0.1, -0.05) is 30.3 Å². The van der Waals surface area contributed by atoms with Gasteiger partial charge in [-0.25, -0.2) is 0 Å². The van der Waals surface area contributed by atoms with Gasteiger partial charge in [0, 0.05) is 21.8 Å². The van der Waals surface area contributed by atoms with Crippen LogP contribution in [-0.2, 0) is 11.0 Å². The highest BCUT2D eigenvalue weighted by Crippen LogP contribution is 2.49. The molecule has 2 atom stereocenters. The quantitative estimate of drug-likeness (QED) is 0.534. The molecule has 0 aromatic heterocycles. The summed E-state index contributed by atoms with van der Waals surface area (Å²) in [5.41, 5.74) is 6.62. The van der Waals surface area contributed by atoms with Crippen molar-refractivity contribution in [3.63, 3.8) is 0 Å². The molecular formula is C20H20F3N3OS. The van der Waals surface area contributed by atoms with E-state index in [1.165, 1.54) is 11.8 Å². The van der Waals surface area contributed by atoms with E-state index >= 15 is 0 Å². The van der Waals surface area contributed by atoms with E-state index in [-0.39, 0.29) is 23.6 Å². The summed E-state index contributed by atoms with van der Waals surface area (Å²) in [6.07, 6.45) is -1.53. The highest BCUT2D eigenvalue weighted by atomic mass is 32.2. The second-order valence-electron chi connectivity index (χ2n) is 7.23. The molecule has 148 valence electrons. The van der Waals surface area contributed by atoms with Crippen LogP contribution in [0.4, 0.5) is 30.2 Å². The number of carbonyl (C=O) groups excluding carboxylic acids is 1. The first-order chi connectivity index (χ1) is 13.3. The Morgan fingerprint density at radius 2 is 1.96 bits per heavy atom. The number of alkyl halides is 3. The topological polar surface area (TPSA) is 67.2 Å². The fourth-order valence-corrected chi connectivity index (χ4v) is 4.76. The van der Waals surface area contributed by atoms with Crippen molar-refractivity contribution in [3.05, 3.63) is 42.0 Å². The van der Waals surface area contributed by atoms with E-state index in [1.807, 2.05) is 24.3 Å². The molecule has 0 spiro atoms. The Kier molecular flexibility index (Phi) is 5.01. The Morgan fingerprint density at radius 3 is 2.71 bits per heavy atom. The number of carbonyl (C=O) groups is 1. The standard InChI is InChI=1S/C20H20F3N3OS/c21-20(22,23)12-9-15(26-19(27)11-4-3-5-13(24)8-11)18-17(10-12)28-16-7-2-1-6-14(16)25-18/h1-2,6-7,9-11,13,25H,3-5,8,24H2,(H,26,27)/t11-,13+/m0/s1. The minimum Gasteiger partial charge on any atom is -0.352 e. The Bertz CT molecular complexity index is 916. The number of nitrogens with two attached hydrogens (primary N) is 1. The molecule has 0 radical (unpaired) electrons. The van der Waals surface area contributed by atoms with Crippen molar-refractivity contribution in [2.45, 2.75) is 47.7 Å². The molecule has 28 heavy (non-hydrogen) atoms. The average Bonchev–Trinajstić information content (AvgIpc) is 2.65. The lowest BCUT2D eigenvalue weighted by atomic mass is 9.85. The summed E-state index contributed by atoms with van der Waals surface area (Å²) in [5.74, 6) is -0.556. The monoisotopic (exact) mass is 407 g/mol. The maximum absolute atomic E-state index is 13.4. The third kappa shape index (κ3) is 3.84. The molecule has 4 rings (SSSR count). The number of nitrogens with one attached hydrogen (secondary N) is 2.